The smallest absolute Gasteiger partial charge is 0.142 e. The van der Waals surface area contributed by atoms with Crippen molar-refractivity contribution in [3.8, 4) is 5.75 Å². The van der Waals surface area contributed by atoms with E-state index in [4.69, 9.17) is 23.7 Å². The van der Waals surface area contributed by atoms with Crippen LogP contribution < -0.4 is 9.64 Å². The summed E-state index contributed by atoms with van der Waals surface area (Å²) in [5.74, 6) is 1.89. The molecule has 1 fully saturated rings. The monoisotopic (exact) mass is 606 g/mol. The largest absolute Gasteiger partial charge is 0.490 e. The highest BCUT2D eigenvalue weighted by molar-refractivity contribution is 5.61. The average molecular weight is 607 g/mol. The molecular formula is C35H50N4O5. The number of benzene rings is 2. The highest BCUT2D eigenvalue weighted by atomic mass is 16.5. The first kappa shape index (κ1) is 32.4. The molecule has 9 heteroatoms. The van der Waals surface area contributed by atoms with Gasteiger partial charge in [-0.25, -0.2) is 9.67 Å². The maximum absolute atomic E-state index is 6.79. The van der Waals surface area contributed by atoms with Crippen LogP contribution in [0.4, 0.5) is 5.69 Å². The molecule has 3 aromatic rings. The van der Waals surface area contributed by atoms with Crippen molar-refractivity contribution in [1.82, 2.24) is 14.8 Å². The third-order valence-corrected chi connectivity index (χ3v) is 9.11. The molecule has 2 aromatic carbocycles. The Hall–Kier alpha value is -2.98. The summed E-state index contributed by atoms with van der Waals surface area (Å²) in [5.41, 5.74) is 4.87. The molecule has 2 aliphatic rings. The van der Waals surface area contributed by atoms with Crippen LogP contribution in [0.1, 0.15) is 74.1 Å². The fourth-order valence-corrected chi connectivity index (χ4v) is 6.68. The van der Waals surface area contributed by atoms with E-state index in [1.807, 2.05) is 11.0 Å². The van der Waals surface area contributed by atoms with Crippen molar-refractivity contribution < 1.29 is 23.7 Å². The van der Waals surface area contributed by atoms with Crippen LogP contribution in [0.15, 0.2) is 55.1 Å². The summed E-state index contributed by atoms with van der Waals surface area (Å²) in [5, 5.41) is 4.45. The van der Waals surface area contributed by atoms with Crippen LogP contribution in [0.5, 0.6) is 5.75 Å². The van der Waals surface area contributed by atoms with E-state index in [2.05, 4.69) is 64.4 Å². The minimum absolute atomic E-state index is 0.159. The SMILES string of the molecule is CC[C@H](C[C@@H]1CC[C@H](OCc2ccc3c(c2)N(CCCOC)CCO3)[C@@H](c2ccc(COCCOC)cc2)C1)n1cncn1. The van der Waals surface area contributed by atoms with Crippen molar-refractivity contribution in [1.29, 1.82) is 0 Å². The van der Waals surface area contributed by atoms with Gasteiger partial charge in [-0.05, 0) is 73.3 Å². The first-order valence-corrected chi connectivity index (χ1v) is 16.3. The fourth-order valence-electron chi connectivity index (χ4n) is 6.68. The van der Waals surface area contributed by atoms with Gasteiger partial charge in [-0.15, -0.1) is 0 Å². The number of hydrogen-bond donors (Lipinski definition) is 0. The third-order valence-electron chi connectivity index (χ3n) is 9.11. The van der Waals surface area contributed by atoms with Crippen LogP contribution in [0.3, 0.4) is 0 Å². The number of fused-ring (bicyclic) bond motifs is 1. The Balaban J connectivity index is 1.27. The topological polar surface area (TPSA) is 80.1 Å². The lowest BCUT2D eigenvalue weighted by Crippen LogP contribution is -2.34. The minimum Gasteiger partial charge on any atom is -0.490 e. The van der Waals surface area contributed by atoms with Gasteiger partial charge in [-0.1, -0.05) is 37.3 Å². The van der Waals surface area contributed by atoms with E-state index in [0.717, 1.165) is 69.7 Å². The molecule has 9 nitrogen and oxygen atoms in total. The molecule has 0 spiro atoms. The van der Waals surface area contributed by atoms with Gasteiger partial charge in [0.25, 0.3) is 0 Å². The van der Waals surface area contributed by atoms with Gasteiger partial charge in [0, 0.05) is 33.3 Å². The fraction of sp³-hybridized carbons (Fsp3) is 0.600. The minimum atomic E-state index is 0.159. The van der Waals surface area contributed by atoms with Gasteiger partial charge in [-0.2, -0.15) is 5.10 Å². The van der Waals surface area contributed by atoms with Crippen molar-refractivity contribution in [3.05, 3.63) is 71.8 Å². The normalized spacial score (nSPS) is 20.7. The van der Waals surface area contributed by atoms with E-state index >= 15 is 0 Å². The number of hydrogen-bond acceptors (Lipinski definition) is 8. The van der Waals surface area contributed by atoms with E-state index < -0.39 is 0 Å². The zero-order chi connectivity index (χ0) is 30.6. The van der Waals surface area contributed by atoms with Gasteiger partial charge in [0.05, 0.1) is 50.8 Å². The van der Waals surface area contributed by atoms with Gasteiger partial charge in [0.1, 0.15) is 25.0 Å². The van der Waals surface area contributed by atoms with Gasteiger partial charge in [-0.3, -0.25) is 0 Å². The number of ether oxygens (including phenoxy) is 5. The Kier molecular flexibility index (Phi) is 12.5. The van der Waals surface area contributed by atoms with E-state index in [0.29, 0.717) is 50.9 Å². The molecule has 44 heavy (non-hydrogen) atoms. The van der Waals surface area contributed by atoms with Crippen molar-refractivity contribution in [2.24, 2.45) is 5.92 Å². The first-order valence-electron chi connectivity index (χ1n) is 16.3. The van der Waals surface area contributed by atoms with E-state index in [1.54, 1.807) is 20.5 Å². The zero-order valence-electron chi connectivity index (χ0n) is 26.7. The molecule has 1 aliphatic heterocycles. The maximum Gasteiger partial charge on any atom is 0.142 e. The predicted molar refractivity (Wildman–Crippen MR) is 171 cm³/mol. The Morgan fingerprint density at radius 3 is 2.59 bits per heavy atom. The van der Waals surface area contributed by atoms with Crippen molar-refractivity contribution >= 4 is 5.69 Å². The maximum atomic E-state index is 6.79. The number of nitrogens with zero attached hydrogens (tertiary/aromatic N) is 4. The molecule has 2 heterocycles. The Labute approximate surface area is 262 Å². The Morgan fingerprint density at radius 1 is 0.977 bits per heavy atom. The second kappa shape index (κ2) is 16.9. The third kappa shape index (κ3) is 8.81. The van der Waals surface area contributed by atoms with E-state index in [9.17, 15) is 0 Å². The molecule has 0 bridgehead atoms. The second-order valence-corrected chi connectivity index (χ2v) is 12.1. The van der Waals surface area contributed by atoms with E-state index in [1.165, 1.54) is 16.7 Å². The molecule has 1 aliphatic carbocycles. The molecule has 5 rings (SSSR count). The van der Waals surface area contributed by atoms with Crippen LogP contribution in [0.25, 0.3) is 0 Å². The van der Waals surface area contributed by atoms with Crippen molar-refractivity contribution in [2.45, 2.75) is 76.7 Å². The summed E-state index contributed by atoms with van der Waals surface area (Å²) in [7, 11) is 3.46. The summed E-state index contributed by atoms with van der Waals surface area (Å²) < 4.78 is 30.9. The van der Waals surface area contributed by atoms with Gasteiger partial charge < -0.3 is 28.6 Å². The van der Waals surface area contributed by atoms with Crippen LogP contribution in [0, 0.1) is 5.92 Å². The number of methoxy groups -OCH3 is 2. The lowest BCUT2D eigenvalue weighted by atomic mass is 9.73. The van der Waals surface area contributed by atoms with Crippen LogP contribution >= 0.6 is 0 Å². The Bertz CT molecular complexity index is 1240. The number of anilines is 1. The van der Waals surface area contributed by atoms with Gasteiger partial charge in [0.2, 0.25) is 0 Å². The molecule has 4 atom stereocenters. The molecule has 0 radical (unpaired) electrons. The molecule has 0 N–H and O–H groups in total. The van der Waals surface area contributed by atoms with Gasteiger partial charge in [0.15, 0.2) is 0 Å². The lowest BCUT2D eigenvalue weighted by molar-refractivity contribution is -0.0109. The summed E-state index contributed by atoms with van der Waals surface area (Å²) >= 11 is 0. The molecule has 0 unspecified atom stereocenters. The van der Waals surface area contributed by atoms with Crippen LogP contribution in [-0.4, -0.2) is 74.6 Å². The average Bonchev–Trinajstić information content (AvgIpc) is 3.60. The molecule has 1 saturated carbocycles. The van der Waals surface area contributed by atoms with Crippen LogP contribution in [0.2, 0.25) is 0 Å². The lowest BCUT2D eigenvalue weighted by Gasteiger charge is -2.38. The molecule has 1 aromatic heterocycles. The summed E-state index contributed by atoms with van der Waals surface area (Å²) in [6.45, 7) is 7.97. The summed E-state index contributed by atoms with van der Waals surface area (Å²) in [6.07, 6.45) is 10.1. The highest BCUT2D eigenvalue weighted by Crippen LogP contribution is 2.42. The summed E-state index contributed by atoms with van der Waals surface area (Å²) in [4.78, 5) is 6.61. The molecule has 240 valence electrons. The second-order valence-electron chi connectivity index (χ2n) is 12.1. The standard InChI is InChI=1S/C35H50N4O5/c1-4-31(39-26-36-25-37-39)20-28-8-12-34(32(21-28)30-10-6-27(7-11-30)23-42-19-18-41-3)44-24-29-9-13-35-33(22-29)38(15-17-43-35)14-5-16-40-2/h6-7,9-11,13,22,25-26,28,31-32,34H,4-5,8,12,14-21,23-24H2,1-3H3/t28-,31+,32+,34-/m0/s1. The molecular weight excluding hydrogens is 556 g/mol. The number of aromatic nitrogens is 3. The quantitative estimate of drug-likeness (QED) is 0.168. The predicted octanol–water partition coefficient (Wildman–Crippen LogP) is 6.19. The van der Waals surface area contributed by atoms with E-state index in [-0.39, 0.29) is 6.10 Å². The van der Waals surface area contributed by atoms with Crippen LogP contribution in [-0.2, 0) is 32.2 Å². The number of rotatable bonds is 17. The summed E-state index contributed by atoms with van der Waals surface area (Å²) in [6, 6.07) is 15.8. The molecule has 0 amide bonds. The van der Waals surface area contributed by atoms with Crippen molar-refractivity contribution in [3.63, 3.8) is 0 Å². The van der Waals surface area contributed by atoms with Gasteiger partial charge >= 0.3 is 0 Å². The highest BCUT2D eigenvalue weighted by Gasteiger charge is 2.34. The zero-order valence-corrected chi connectivity index (χ0v) is 26.7. The Morgan fingerprint density at radius 2 is 1.82 bits per heavy atom. The van der Waals surface area contributed by atoms with Crippen molar-refractivity contribution in [2.75, 3.05) is 58.6 Å². The molecule has 0 saturated heterocycles. The first-order chi connectivity index (χ1) is 21.7.